The van der Waals surface area contributed by atoms with Gasteiger partial charge in [0.05, 0.1) is 0 Å². The molecule has 0 atom stereocenters. The predicted octanol–water partition coefficient (Wildman–Crippen LogP) is 3.14. The summed E-state index contributed by atoms with van der Waals surface area (Å²) in [6.07, 6.45) is 4.96. The number of carbonyl (C=O) groups is 1. The molecule has 0 aliphatic heterocycles. The van der Waals surface area contributed by atoms with Crippen molar-refractivity contribution in [3.8, 4) is 0 Å². The number of nitrogens with zero attached hydrogens (tertiary/aromatic N) is 3. The van der Waals surface area contributed by atoms with Crippen molar-refractivity contribution < 1.29 is 4.79 Å². The van der Waals surface area contributed by atoms with E-state index in [0.29, 0.717) is 12.4 Å². The van der Waals surface area contributed by atoms with E-state index in [1.54, 1.807) is 29.3 Å². The molecule has 2 heterocycles. The summed E-state index contributed by atoms with van der Waals surface area (Å²) >= 11 is 0. The van der Waals surface area contributed by atoms with E-state index in [2.05, 4.69) is 35.7 Å². The summed E-state index contributed by atoms with van der Waals surface area (Å²) in [7, 11) is 3.87. The second-order valence-corrected chi connectivity index (χ2v) is 6.18. The van der Waals surface area contributed by atoms with Crippen LogP contribution in [0.15, 0.2) is 48.7 Å². The second-order valence-electron chi connectivity index (χ2n) is 6.18. The summed E-state index contributed by atoms with van der Waals surface area (Å²) in [4.78, 5) is 18.2. The van der Waals surface area contributed by atoms with Gasteiger partial charge in [0, 0.05) is 49.5 Å². The summed E-state index contributed by atoms with van der Waals surface area (Å²) in [6.45, 7) is 2.65. The largest absolute Gasteiger partial charge is 0.384 e. The Morgan fingerprint density at radius 3 is 2.76 bits per heavy atom. The molecular formula is C20H22N4O. The van der Waals surface area contributed by atoms with Crippen LogP contribution in [0.25, 0.3) is 17.0 Å². The molecule has 2 aromatic heterocycles. The van der Waals surface area contributed by atoms with E-state index in [4.69, 9.17) is 5.73 Å². The Morgan fingerprint density at radius 1 is 1.28 bits per heavy atom. The number of carbonyl (C=O) groups excluding carboxylic acids is 1. The number of fused-ring (bicyclic) bond motifs is 1. The summed E-state index contributed by atoms with van der Waals surface area (Å²) in [5, 5.41) is 1.19. The zero-order valence-corrected chi connectivity index (χ0v) is 14.7. The third-order valence-corrected chi connectivity index (χ3v) is 4.53. The quantitative estimate of drug-likeness (QED) is 0.746. The number of benzene rings is 1. The van der Waals surface area contributed by atoms with Gasteiger partial charge in [-0.1, -0.05) is 18.2 Å². The Labute approximate surface area is 147 Å². The lowest BCUT2D eigenvalue weighted by Crippen LogP contribution is -2.24. The number of hydrogen-bond acceptors (Lipinski definition) is 3. The molecule has 5 heteroatoms. The molecule has 0 bridgehead atoms. The number of nitrogen functional groups attached to an aromatic ring is 1. The molecular weight excluding hydrogens is 312 g/mol. The molecule has 0 unspecified atom stereocenters. The molecule has 3 aromatic rings. The van der Waals surface area contributed by atoms with Gasteiger partial charge in [-0.25, -0.2) is 4.98 Å². The van der Waals surface area contributed by atoms with Gasteiger partial charge in [-0.2, -0.15) is 0 Å². The summed E-state index contributed by atoms with van der Waals surface area (Å²) in [5.74, 6) is 0.413. The molecule has 0 fully saturated rings. The Balaban J connectivity index is 1.78. The van der Waals surface area contributed by atoms with Gasteiger partial charge in [-0.3, -0.25) is 4.79 Å². The molecule has 0 spiro atoms. The summed E-state index contributed by atoms with van der Waals surface area (Å²) < 4.78 is 2.17. The number of hydrogen-bond donors (Lipinski definition) is 1. The van der Waals surface area contributed by atoms with Crippen LogP contribution in [0.5, 0.6) is 0 Å². The number of aryl methyl sites for hydroxylation is 1. The average molecular weight is 334 g/mol. The van der Waals surface area contributed by atoms with Gasteiger partial charge < -0.3 is 15.2 Å². The number of pyridine rings is 1. The standard InChI is InChI=1S/C20H22N4O/c1-14-17(16-6-4-5-7-18(16)24(14)3)13-23(2)20(25)11-9-15-8-10-19(21)22-12-15/h4-12H,13H2,1-3H3,(H2,21,22). The lowest BCUT2D eigenvalue weighted by molar-refractivity contribution is -0.125. The minimum Gasteiger partial charge on any atom is -0.384 e. The van der Waals surface area contributed by atoms with Crippen molar-refractivity contribution in [1.29, 1.82) is 0 Å². The van der Waals surface area contributed by atoms with E-state index in [0.717, 1.165) is 5.56 Å². The lowest BCUT2D eigenvalue weighted by Gasteiger charge is -2.15. The van der Waals surface area contributed by atoms with Crippen molar-refractivity contribution in [2.75, 3.05) is 12.8 Å². The Kier molecular flexibility index (Phi) is 4.57. The van der Waals surface area contributed by atoms with Gasteiger partial charge in [0.25, 0.3) is 0 Å². The lowest BCUT2D eigenvalue weighted by atomic mass is 10.1. The first-order valence-electron chi connectivity index (χ1n) is 8.15. The molecule has 1 aromatic carbocycles. The van der Waals surface area contributed by atoms with Crippen LogP contribution in [-0.4, -0.2) is 27.4 Å². The molecule has 5 nitrogen and oxygen atoms in total. The number of aromatic nitrogens is 2. The first-order valence-corrected chi connectivity index (χ1v) is 8.15. The molecule has 0 saturated carbocycles. The van der Waals surface area contributed by atoms with E-state index in [1.807, 2.05) is 25.2 Å². The van der Waals surface area contributed by atoms with Crippen molar-refractivity contribution in [1.82, 2.24) is 14.5 Å². The van der Waals surface area contributed by atoms with Gasteiger partial charge in [-0.05, 0) is 42.3 Å². The van der Waals surface area contributed by atoms with Gasteiger partial charge >= 0.3 is 0 Å². The molecule has 128 valence electrons. The van der Waals surface area contributed by atoms with E-state index < -0.39 is 0 Å². The zero-order valence-electron chi connectivity index (χ0n) is 14.7. The van der Waals surface area contributed by atoms with Gasteiger partial charge in [0.15, 0.2) is 0 Å². The Hall–Kier alpha value is -3.08. The van der Waals surface area contributed by atoms with Crippen molar-refractivity contribution >= 4 is 28.7 Å². The highest BCUT2D eigenvalue weighted by molar-refractivity contribution is 5.92. The van der Waals surface area contributed by atoms with Crippen LogP contribution in [0.4, 0.5) is 5.82 Å². The summed E-state index contributed by atoms with van der Waals surface area (Å²) in [5.41, 5.74) is 9.94. The molecule has 3 rings (SSSR count). The van der Waals surface area contributed by atoms with E-state index in [-0.39, 0.29) is 5.91 Å². The summed E-state index contributed by atoms with van der Waals surface area (Å²) in [6, 6.07) is 11.8. The average Bonchev–Trinajstić information content (AvgIpc) is 2.86. The highest BCUT2D eigenvalue weighted by Gasteiger charge is 2.14. The zero-order chi connectivity index (χ0) is 18.0. The van der Waals surface area contributed by atoms with Crippen molar-refractivity contribution in [2.24, 2.45) is 7.05 Å². The predicted molar refractivity (Wildman–Crippen MR) is 102 cm³/mol. The molecule has 25 heavy (non-hydrogen) atoms. The van der Waals surface area contributed by atoms with Crippen LogP contribution in [-0.2, 0) is 18.4 Å². The monoisotopic (exact) mass is 334 g/mol. The minimum atomic E-state index is -0.0517. The maximum absolute atomic E-state index is 12.4. The molecule has 2 N–H and O–H groups in total. The highest BCUT2D eigenvalue weighted by Crippen LogP contribution is 2.25. The Bertz CT molecular complexity index is 938. The van der Waals surface area contributed by atoms with Gasteiger partial charge in [-0.15, -0.1) is 0 Å². The van der Waals surface area contributed by atoms with E-state index in [9.17, 15) is 4.79 Å². The smallest absolute Gasteiger partial charge is 0.246 e. The van der Waals surface area contributed by atoms with Crippen LogP contribution < -0.4 is 5.73 Å². The fraction of sp³-hybridized carbons (Fsp3) is 0.200. The van der Waals surface area contributed by atoms with Crippen LogP contribution in [0.1, 0.15) is 16.8 Å². The maximum Gasteiger partial charge on any atom is 0.246 e. The SMILES string of the molecule is Cc1c(CN(C)C(=O)C=Cc2ccc(N)nc2)c2ccccc2n1C. The molecule has 0 radical (unpaired) electrons. The number of rotatable bonds is 4. The van der Waals surface area contributed by atoms with E-state index in [1.165, 1.54) is 22.2 Å². The second kappa shape index (κ2) is 6.81. The Morgan fingerprint density at radius 2 is 2.04 bits per heavy atom. The molecule has 0 saturated heterocycles. The van der Waals surface area contributed by atoms with E-state index >= 15 is 0 Å². The van der Waals surface area contributed by atoms with Gasteiger partial charge in [0.1, 0.15) is 5.82 Å². The normalized spacial score (nSPS) is 11.3. The van der Waals surface area contributed by atoms with Crippen LogP contribution in [0, 0.1) is 6.92 Å². The van der Waals surface area contributed by atoms with Crippen molar-refractivity contribution in [2.45, 2.75) is 13.5 Å². The molecule has 1 amide bonds. The number of likely N-dealkylation sites (N-methyl/N-ethyl adjacent to an activating group) is 1. The number of nitrogens with two attached hydrogens (primary N) is 1. The van der Waals surface area contributed by atoms with Crippen LogP contribution in [0.3, 0.4) is 0 Å². The van der Waals surface area contributed by atoms with Crippen LogP contribution in [0.2, 0.25) is 0 Å². The topological polar surface area (TPSA) is 64.2 Å². The first kappa shape index (κ1) is 16.8. The number of anilines is 1. The third kappa shape index (κ3) is 3.40. The number of para-hydroxylation sites is 1. The molecule has 0 aliphatic carbocycles. The van der Waals surface area contributed by atoms with Gasteiger partial charge in [0.2, 0.25) is 5.91 Å². The number of amides is 1. The fourth-order valence-corrected chi connectivity index (χ4v) is 2.92. The highest BCUT2D eigenvalue weighted by atomic mass is 16.2. The van der Waals surface area contributed by atoms with Crippen molar-refractivity contribution in [3.63, 3.8) is 0 Å². The molecule has 0 aliphatic rings. The van der Waals surface area contributed by atoms with Crippen LogP contribution >= 0.6 is 0 Å². The fourth-order valence-electron chi connectivity index (χ4n) is 2.92. The third-order valence-electron chi connectivity index (χ3n) is 4.53. The first-order chi connectivity index (χ1) is 12.0. The minimum absolute atomic E-state index is 0.0517. The van der Waals surface area contributed by atoms with Crippen molar-refractivity contribution in [3.05, 3.63) is 65.5 Å². The maximum atomic E-state index is 12.4.